The van der Waals surface area contributed by atoms with Crippen molar-refractivity contribution in [3.63, 3.8) is 0 Å². The van der Waals surface area contributed by atoms with Gasteiger partial charge in [0.15, 0.2) is 0 Å². The van der Waals surface area contributed by atoms with E-state index in [0.29, 0.717) is 0 Å². The monoisotopic (exact) mass is 261 g/mol. The van der Waals surface area contributed by atoms with E-state index in [1.807, 2.05) is 19.1 Å². The SMILES string of the molecule is C=C[C@H](N)c1ccc(C)cc1Br.Cl. The first kappa shape index (κ1) is 12.7. The summed E-state index contributed by atoms with van der Waals surface area (Å²) in [5, 5.41) is 0. The topological polar surface area (TPSA) is 26.0 Å². The van der Waals surface area contributed by atoms with Gasteiger partial charge in [-0.1, -0.05) is 34.1 Å². The van der Waals surface area contributed by atoms with Gasteiger partial charge in [0.25, 0.3) is 0 Å². The lowest BCUT2D eigenvalue weighted by atomic mass is 10.1. The molecule has 0 fully saturated rings. The fraction of sp³-hybridized carbons (Fsp3) is 0.200. The molecule has 0 heterocycles. The summed E-state index contributed by atoms with van der Waals surface area (Å²) in [6.45, 7) is 5.70. The molecule has 1 atom stereocenters. The van der Waals surface area contributed by atoms with Gasteiger partial charge in [-0.05, 0) is 24.1 Å². The first-order valence-electron chi connectivity index (χ1n) is 3.79. The van der Waals surface area contributed by atoms with E-state index >= 15 is 0 Å². The maximum Gasteiger partial charge on any atom is 0.0489 e. The Kier molecular flexibility index (Phi) is 5.30. The first-order valence-corrected chi connectivity index (χ1v) is 4.58. The summed E-state index contributed by atoms with van der Waals surface area (Å²) >= 11 is 3.46. The quantitative estimate of drug-likeness (QED) is 0.813. The van der Waals surface area contributed by atoms with Crippen molar-refractivity contribution in [3.8, 4) is 0 Å². The minimum atomic E-state index is -0.0834. The van der Waals surface area contributed by atoms with Gasteiger partial charge in [-0.25, -0.2) is 0 Å². The fourth-order valence-electron chi connectivity index (χ4n) is 1.03. The van der Waals surface area contributed by atoms with Crippen molar-refractivity contribution in [1.82, 2.24) is 0 Å². The van der Waals surface area contributed by atoms with Gasteiger partial charge in [0, 0.05) is 10.5 Å². The molecule has 0 saturated heterocycles. The molecule has 0 saturated carbocycles. The summed E-state index contributed by atoms with van der Waals surface area (Å²) in [5.74, 6) is 0. The summed E-state index contributed by atoms with van der Waals surface area (Å²) in [7, 11) is 0. The maximum atomic E-state index is 5.80. The highest BCUT2D eigenvalue weighted by atomic mass is 79.9. The van der Waals surface area contributed by atoms with Gasteiger partial charge >= 0.3 is 0 Å². The Morgan fingerprint density at radius 2 is 2.15 bits per heavy atom. The van der Waals surface area contributed by atoms with E-state index in [-0.39, 0.29) is 18.4 Å². The molecule has 0 aliphatic heterocycles. The number of hydrogen-bond donors (Lipinski definition) is 1. The Balaban J connectivity index is 0.00000144. The molecule has 1 nitrogen and oxygen atoms in total. The zero-order chi connectivity index (χ0) is 9.14. The molecular weight excluding hydrogens is 249 g/mol. The highest BCUT2D eigenvalue weighted by Crippen LogP contribution is 2.23. The standard InChI is InChI=1S/C10H12BrN.ClH/c1-3-10(12)8-5-4-7(2)6-9(8)11;/h3-6,10H,1,12H2,2H3;1H/t10-;/m0./s1. The van der Waals surface area contributed by atoms with Crippen molar-refractivity contribution >= 4 is 28.3 Å². The molecule has 0 amide bonds. The Hall–Kier alpha value is -0.310. The first-order chi connectivity index (χ1) is 5.65. The summed E-state index contributed by atoms with van der Waals surface area (Å²) in [6, 6.07) is 6.04. The molecule has 2 N–H and O–H groups in total. The van der Waals surface area contributed by atoms with E-state index in [1.54, 1.807) is 6.08 Å². The lowest BCUT2D eigenvalue weighted by Gasteiger charge is -2.09. The second-order valence-electron chi connectivity index (χ2n) is 2.79. The van der Waals surface area contributed by atoms with Gasteiger partial charge in [-0.15, -0.1) is 19.0 Å². The van der Waals surface area contributed by atoms with Crippen LogP contribution in [-0.4, -0.2) is 0 Å². The van der Waals surface area contributed by atoms with E-state index < -0.39 is 0 Å². The van der Waals surface area contributed by atoms with Crippen molar-refractivity contribution in [1.29, 1.82) is 0 Å². The summed E-state index contributed by atoms with van der Waals surface area (Å²) < 4.78 is 1.05. The molecule has 0 aromatic heterocycles. The Morgan fingerprint density at radius 1 is 1.54 bits per heavy atom. The van der Waals surface area contributed by atoms with Crippen LogP contribution in [0.25, 0.3) is 0 Å². The van der Waals surface area contributed by atoms with Gasteiger partial charge in [-0.3, -0.25) is 0 Å². The number of hydrogen-bond acceptors (Lipinski definition) is 1. The minimum absolute atomic E-state index is 0. The van der Waals surface area contributed by atoms with E-state index in [1.165, 1.54) is 5.56 Å². The third-order valence-corrected chi connectivity index (χ3v) is 2.46. The smallest absolute Gasteiger partial charge is 0.0489 e. The molecule has 1 rings (SSSR count). The summed E-state index contributed by atoms with van der Waals surface area (Å²) in [4.78, 5) is 0. The Labute approximate surface area is 93.6 Å². The average Bonchev–Trinajstić information content (AvgIpc) is 2.03. The van der Waals surface area contributed by atoms with Crippen LogP contribution in [0, 0.1) is 6.92 Å². The normalized spacial score (nSPS) is 11.6. The van der Waals surface area contributed by atoms with Gasteiger partial charge in [0.1, 0.15) is 0 Å². The van der Waals surface area contributed by atoms with Crippen LogP contribution in [0.3, 0.4) is 0 Å². The van der Waals surface area contributed by atoms with E-state index in [0.717, 1.165) is 10.0 Å². The van der Waals surface area contributed by atoms with Crippen LogP contribution < -0.4 is 5.73 Å². The van der Waals surface area contributed by atoms with Gasteiger partial charge < -0.3 is 5.73 Å². The predicted octanol–water partition coefficient (Wildman–Crippen LogP) is 3.37. The van der Waals surface area contributed by atoms with Crippen molar-refractivity contribution in [2.24, 2.45) is 5.73 Å². The van der Waals surface area contributed by atoms with Crippen LogP contribution in [0.4, 0.5) is 0 Å². The summed E-state index contributed by atoms with van der Waals surface area (Å²) in [5.41, 5.74) is 8.10. The lowest BCUT2D eigenvalue weighted by molar-refractivity contribution is 0.907. The molecule has 13 heavy (non-hydrogen) atoms. The van der Waals surface area contributed by atoms with Gasteiger partial charge in [0.2, 0.25) is 0 Å². The Morgan fingerprint density at radius 3 is 2.62 bits per heavy atom. The summed E-state index contributed by atoms with van der Waals surface area (Å²) in [6.07, 6.45) is 1.73. The number of rotatable bonds is 2. The van der Waals surface area contributed by atoms with Gasteiger partial charge in [0.05, 0.1) is 0 Å². The molecule has 72 valence electrons. The van der Waals surface area contributed by atoms with Crippen LogP contribution >= 0.6 is 28.3 Å². The Bertz CT molecular complexity index is 299. The molecule has 0 spiro atoms. The molecule has 0 bridgehead atoms. The minimum Gasteiger partial charge on any atom is -0.321 e. The third kappa shape index (κ3) is 3.14. The second-order valence-corrected chi connectivity index (χ2v) is 3.64. The van der Waals surface area contributed by atoms with E-state index in [9.17, 15) is 0 Å². The molecule has 1 aromatic carbocycles. The highest BCUT2D eigenvalue weighted by molar-refractivity contribution is 9.10. The molecular formula is C10H13BrClN. The molecule has 0 aliphatic rings. The molecule has 3 heteroatoms. The number of benzene rings is 1. The number of nitrogens with two attached hydrogens (primary N) is 1. The van der Waals surface area contributed by atoms with Crippen LogP contribution in [0.1, 0.15) is 17.2 Å². The second kappa shape index (κ2) is 5.43. The van der Waals surface area contributed by atoms with Crippen molar-refractivity contribution in [3.05, 3.63) is 46.5 Å². The number of aryl methyl sites for hydroxylation is 1. The zero-order valence-electron chi connectivity index (χ0n) is 7.46. The van der Waals surface area contributed by atoms with Gasteiger partial charge in [-0.2, -0.15) is 0 Å². The van der Waals surface area contributed by atoms with Crippen molar-refractivity contribution in [2.45, 2.75) is 13.0 Å². The molecule has 0 aliphatic carbocycles. The van der Waals surface area contributed by atoms with E-state index in [4.69, 9.17) is 5.73 Å². The maximum absolute atomic E-state index is 5.80. The van der Waals surface area contributed by atoms with Crippen LogP contribution in [-0.2, 0) is 0 Å². The van der Waals surface area contributed by atoms with Crippen LogP contribution in [0.15, 0.2) is 35.3 Å². The lowest BCUT2D eigenvalue weighted by Crippen LogP contribution is -2.07. The molecule has 0 unspecified atom stereocenters. The fourth-order valence-corrected chi connectivity index (χ4v) is 1.79. The largest absolute Gasteiger partial charge is 0.321 e. The average molecular weight is 263 g/mol. The van der Waals surface area contributed by atoms with Crippen molar-refractivity contribution < 1.29 is 0 Å². The van der Waals surface area contributed by atoms with Crippen molar-refractivity contribution in [2.75, 3.05) is 0 Å². The zero-order valence-corrected chi connectivity index (χ0v) is 9.86. The highest BCUT2D eigenvalue weighted by Gasteiger charge is 2.04. The van der Waals surface area contributed by atoms with E-state index in [2.05, 4.69) is 28.6 Å². The van der Waals surface area contributed by atoms with Crippen LogP contribution in [0.2, 0.25) is 0 Å². The molecule has 1 aromatic rings. The molecule has 0 radical (unpaired) electrons. The third-order valence-electron chi connectivity index (χ3n) is 1.77. The number of halogens is 2. The predicted molar refractivity (Wildman–Crippen MR) is 63.3 cm³/mol. The van der Waals surface area contributed by atoms with Crippen LogP contribution in [0.5, 0.6) is 0 Å².